The van der Waals surface area contributed by atoms with Gasteiger partial charge in [-0.05, 0) is 42.9 Å². The summed E-state index contributed by atoms with van der Waals surface area (Å²) in [6.45, 7) is 2.21. The molecule has 1 heterocycles. The van der Waals surface area contributed by atoms with Crippen molar-refractivity contribution in [3.63, 3.8) is 0 Å². The van der Waals surface area contributed by atoms with Crippen LogP contribution in [0.5, 0.6) is 0 Å². The number of aliphatic hydroxyl groups is 1. The van der Waals surface area contributed by atoms with Crippen LogP contribution in [0.2, 0.25) is 0 Å². The van der Waals surface area contributed by atoms with Crippen LogP contribution in [0.1, 0.15) is 36.3 Å². The molecular formula is C13H17NO. The zero-order chi connectivity index (χ0) is 10.3. The Labute approximate surface area is 90.3 Å². The second-order valence-corrected chi connectivity index (χ2v) is 4.85. The van der Waals surface area contributed by atoms with Gasteiger partial charge in [0, 0.05) is 6.54 Å². The molecule has 1 unspecified atom stereocenters. The van der Waals surface area contributed by atoms with Crippen LogP contribution in [0.4, 0.5) is 0 Å². The first kappa shape index (κ1) is 9.37. The fourth-order valence-corrected chi connectivity index (χ4v) is 2.43. The smallest absolute Gasteiger partial charge is 0.0899 e. The lowest BCUT2D eigenvalue weighted by atomic mass is 9.95. The molecule has 2 nitrogen and oxygen atoms in total. The average Bonchev–Trinajstić information content (AvgIpc) is 2.84. The largest absolute Gasteiger partial charge is 0.385 e. The molecule has 0 spiro atoms. The predicted molar refractivity (Wildman–Crippen MR) is 59.8 cm³/mol. The predicted octanol–water partition coefficient (Wildman–Crippen LogP) is 1.74. The summed E-state index contributed by atoms with van der Waals surface area (Å²) >= 11 is 0. The molecule has 0 amide bonds. The van der Waals surface area contributed by atoms with Crippen molar-refractivity contribution in [2.24, 2.45) is 0 Å². The first-order valence-electron chi connectivity index (χ1n) is 5.81. The first-order valence-corrected chi connectivity index (χ1v) is 5.81. The average molecular weight is 203 g/mol. The summed E-state index contributed by atoms with van der Waals surface area (Å²) < 4.78 is 0. The van der Waals surface area contributed by atoms with E-state index >= 15 is 0 Å². The van der Waals surface area contributed by atoms with Gasteiger partial charge < -0.3 is 10.4 Å². The van der Waals surface area contributed by atoms with Gasteiger partial charge in [0.1, 0.15) is 0 Å². The summed E-state index contributed by atoms with van der Waals surface area (Å²) in [6.07, 6.45) is 3.08. The maximum atomic E-state index is 10.1. The Morgan fingerprint density at radius 2 is 2.20 bits per heavy atom. The van der Waals surface area contributed by atoms with Crippen LogP contribution in [0.3, 0.4) is 0 Å². The minimum Gasteiger partial charge on any atom is -0.385 e. The van der Waals surface area contributed by atoms with Gasteiger partial charge in [0.2, 0.25) is 0 Å². The third-order valence-electron chi connectivity index (χ3n) is 3.68. The molecule has 1 saturated carbocycles. The SMILES string of the molecule is OC1(c2cccc(C3CCNC3)c2)CC1. The third kappa shape index (κ3) is 1.68. The highest BCUT2D eigenvalue weighted by Gasteiger charge is 2.42. The summed E-state index contributed by atoms with van der Waals surface area (Å²) in [5.41, 5.74) is 2.02. The van der Waals surface area contributed by atoms with Gasteiger partial charge in [-0.15, -0.1) is 0 Å². The molecule has 1 aromatic carbocycles. The van der Waals surface area contributed by atoms with Gasteiger partial charge in [0.15, 0.2) is 0 Å². The van der Waals surface area contributed by atoms with Crippen LogP contribution >= 0.6 is 0 Å². The molecule has 0 bridgehead atoms. The molecule has 80 valence electrons. The second kappa shape index (κ2) is 3.32. The molecule has 2 N–H and O–H groups in total. The van der Waals surface area contributed by atoms with Crippen molar-refractivity contribution < 1.29 is 5.11 Å². The van der Waals surface area contributed by atoms with E-state index in [-0.39, 0.29) is 0 Å². The maximum Gasteiger partial charge on any atom is 0.0899 e. The van der Waals surface area contributed by atoms with Gasteiger partial charge >= 0.3 is 0 Å². The molecule has 3 rings (SSSR count). The highest BCUT2D eigenvalue weighted by atomic mass is 16.3. The number of rotatable bonds is 2. The lowest BCUT2D eigenvalue weighted by Crippen LogP contribution is -2.09. The minimum atomic E-state index is -0.484. The lowest BCUT2D eigenvalue weighted by molar-refractivity contribution is 0.151. The monoisotopic (exact) mass is 203 g/mol. The van der Waals surface area contributed by atoms with Crippen LogP contribution in [0, 0.1) is 0 Å². The Balaban J connectivity index is 1.89. The maximum absolute atomic E-state index is 10.1. The van der Waals surface area contributed by atoms with Gasteiger partial charge in [0.05, 0.1) is 5.60 Å². The molecule has 1 aromatic rings. The van der Waals surface area contributed by atoms with E-state index in [0.717, 1.165) is 31.5 Å². The summed E-state index contributed by atoms with van der Waals surface area (Å²) in [4.78, 5) is 0. The van der Waals surface area contributed by atoms with E-state index in [0.29, 0.717) is 5.92 Å². The van der Waals surface area contributed by atoms with Gasteiger partial charge in [0.25, 0.3) is 0 Å². The van der Waals surface area contributed by atoms with Crippen molar-refractivity contribution in [1.82, 2.24) is 5.32 Å². The van der Waals surface area contributed by atoms with Gasteiger partial charge in [-0.2, -0.15) is 0 Å². The Kier molecular flexibility index (Phi) is 2.08. The van der Waals surface area contributed by atoms with E-state index in [1.165, 1.54) is 12.0 Å². The van der Waals surface area contributed by atoms with Gasteiger partial charge in [-0.3, -0.25) is 0 Å². The number of benzene rings is 1. The highest BCUT2D eigenvalue weighted by molar-refractivity contribution is 5.33. The topological polar surface area (TPSA) is 32.3 Å². The fourth-order valence-electron chi connectivity index (χ4n) is 2.43. The Morgan fingerprint density at radius 1 is 1.33 bits per heavy atom. The highest BCUT2D eigenvalue weighted by Crippen LogP contribution is 2.45. The summed E-state index contributed by atoms with van der Waals surface area (Å²) in [5, 5.41) is 13.4. The number of hydrogen-bond donors (Lipinski definition) is 2. The zero-order valence-electron chi connectivity index (χ0n) is 8.87. The van der Waals surface area contributed by atoms with Gasteiger partial charge in [-0.25, -0.2) is 0 Å². The lowest BCUT2D eigenvalue weighted by Gasteiger charge is -2.13. The Bertz CT molecular complexity index is 365. The zero-order valence-corrected chi connectivity index (χ0v) is 8.87. The van der Waals surface area contributed by atoms with Gasteiger partial charge in [-0.1, -0.05) is 24.3 Å². The third-order valence-corrected chi connectivity index (χ3v) is 3.68. The van der Waals surface area contributed by atoms with E-state index in [1.54, 1.807) is 0 Å². The fraction of sp³-hybridized carbons (Fsp3) is 0.538. The molecule has 2 heteroatoms. The van der Waals surface area contributed by atoms with E-state index in [9.17, 15) is 5.11 Å². The Morgan fingerprint density at radius 3 is 2.87 bits per heavy atom. The summed E-state index contributed by atoms with van der Waals surface area (Å²) in [5.74, 6) is 0.646. The quantitative estimate of drug-likeness (QED) is 0.767. The van der Waals surface area contributed by atoms with Crippen molar-refractivity contribution in [1.29, 1.82) is 0 Å². The second-order valence-electron chi connectivity index (χ2n) is 4.85. The minimum absolute atomic E-state index is 0.484. The van der Waals surface area contributed by atoms with E-state index in [2.05, 4.69) is 29.6 Å². The molecule has 0 aromatic heterocycles. The van der Waals surface area contributed by atoms with E-state index in [4.69, 9.17) is 0 Å². The normalized spacial score (nSPS) is 27.9. The number of hydrogen-bond acceptors (Lipinski definition) is 2. The van der Waals surface area contributed by atoms with Crippen molar-refractivity contribution in [2.75, 3.05) is 13.1 Å². The molecule has 15 heavy (non-hydrogen) atoms. The van der Waals surface area contributed by atoms with Crippen LogP contribution in [0.15, 0.2) is 24.3 Å². The van der Waals surface area contributed by atoms with Crippen molar-refractivity contribution >= 4 is 0 Å². The first-order chi connectivity index (χ1) is 7.28. The summed E-state index contributed by atoms with van der Waals surface area (Å²) in [7, 11) is 0. The van der Waals surface area contributed by atoms with Crippen LogP contribution in [0.25, 0.3) is 0 Å². The summed E-state index contributed by atoms with van der Waals surface area (Å²) in [6, 6.07) is 8.52. The van der Waals surface area contributed by atoms with Crippen molar-refractivity contribution in [2.45, 2.75) is 30.8 Å². The van der Waals surface area contributed by atoms with Crippen LogP contribution < -0.4 is 5.32 Å². The molecule has 0 radical (unpaired) electrons. The molecule has 2 fully saturated rings. The molecule has 1 aliphatic carbocycles. The molecule has 1 aliphatic heterocycles. The standard InChI is InChI=1S/C13H17NO/c15-13(5-6-13)12-3-1-2-10(8-12)11-4-7-14-9-11/h1-3,8,11,14-15H,4-7,9H2. The van der Waals surface area contributed by atoms with Crippen LogP contribution in [-0.2, 0) is 5.60 Å². The molecular weight excluding hydrogens is 186 g/mol. The van der Waals surface area contributed by atoms with Crippen LogP contribution in [-0.4, -0.2) is 18.2 Å². The Hall–Kier alpha value is -0.860. The molecule has 1 atom stereocenters. The number of nitrogens with one attached hydrogen (secondary N) is 1. The van der Waals surface area contributed by atoms with E-state index < -0.39 is 5.60 Å². The van der Waals surface area contributed by atoms with Crippen molar-refractivity contribution in [3.8, 4) is 0 Å². The molecule has 1 saturated heterocycles. The molecule has 2 aliphatic rings. The van der Waals surface area contributed by atoms with Crippen molar-refractivity contribution in [3.05, 3.63) is 35.4 Å². The van der Waals surface area contributed by atoms with E-state index in [1.807, 2.05) is 0 Å².